The predicted molar refractivity (Wildman–Crippen MR) is 77.4 cm³/mol. The Balaban J connectivity index is 2.27. The molecule has 0 aliphatic carbocycles. The van der Waals surface area contributed by atoms with E-state index < -0.39 is 21.1 Å². The summed E-state index contributed by atoms with van der Waals surface area (Å²) in [4.78, 5) is 11.7. The minimum Gasteiger partial charge on any atom is -0.465 e. The standard InChI is InChI=1S/C15H16O5S/c1-3-19-15(16)11(2)21(17,18)13-8-6-12(7-9-13)14-5-4-10-20-14/h4-11H,3H2,1-2H3/t11-/m0/s1. The van der Waals surface area contributed by atoms with Crippen molar-refractivity contribution in [2.75, 3.05) is 6.61 Å². The number of furan rings is 1. The molecule has 2 aromatic rings. The second-order valence-electron chi connectivity index (χ2n) is 4.44. The van der Waals surface area contributed by atoms with Crippen LogP contribution in [0.3, 0.4) is 0 Å². The lowest BCUT2D eigenvalue weighted by molar-refractivity contribution is -0.142. The first-order chi connectivity index (χ1) is 9.96. The molecule has 0 radical (unpaired) electrons. The van der Waals surface area contributed by atoms with E-state index in [0.717, 1.165) is 5.56 Å². The van der Waals surface area contributed by atoms with Crippen molar-refractivity contribution in [2.45, 2.75) is 24.0 Å². The van der Waals surface area contributed by atoms with Gasteiger partial charge in [-0.1, -0.05) is 0 Å². The highest BCUT2D eigenvalue weighted by atomic mass is 32.2. The number of esters is 1. The molecule has 5 nitrogen and oxygen atoms in total. The van der Waals surface area contributed by atoms with Crippen LogP contribution < -0.4 is 0 Å². The number of hydrogen-bond donors (Lipinski definition) is 0. The lowest BCUT2D eigenvalue weighted by Gasteiger charge is -2.12. The van der Waals surface area contributed by atoms with Crippen LogP contribution in [0.5, 0.6) is 0 Å². The molecule has 0 unspecified atom stereocenters. The zero-order valence-corrected chi connectivity index (χ0v) is 12.6. The first-order valence-electron chi connectivity index (χ1n) is 6.51. The fourth-order valence-electron chi connectivity index (χ4n) is 1.84. The number of carbonyl (C=O) groups excluding carboxylic acids is 1. The summed E-state index contributed by atoms with van der Waals surface area (Å²) in [6, 6.07) is 9.74. The molecule has 1 atom stereocenters. The molecule has 0 fully saturated rings. The third kappa shape index (κ3) is 3.16. The Labute approximate surface area is 123 Å². The van der Waals surface area contributed by atoms with E-state index in [1.165, 1.54) is 19.1 Å². The van der Waals surface area contributed by atoms with E-state index in [0.29, 0.717) is 5.76 Å². The van der Waals surface area contributed by atoms with E-state index in [1.54, 1.807) is 37.5 Å². The molecule has 0 aliphatic rings. The van der Waals surface area contributed by atoms with Crippen LogP contribution in [0.15, 0.2) is 52.0 Å². The fraction of sp³-hybridized carbons (Fsp3) is 0.267. The SMILES string of the molecule is CCOC(=O)[C@H](C)S(=O)(=O)c1ccc(-c2ccco2)cc1. The van der Waals surface area contributed by atoms with Gasteiger partial charge in [-0.2, -0.15) is 0 Å². The minimum absolute atomic E-state index is 0.0818. The van der Waals surface area contributed by atoms with Crippen molar-refractivity contribution in [2.24, 2.45) is 0 Å². The van der Waals surface area contributed by atoms with E-state index in [4.69, 9.17) is 9.15 Å². The van der Waals surface area contributed by atoms with Crippen LogP contribution in [0.1, 0.15) is 13.8 Å². The molecule has 0 N–H and O–H groups in total. The average molecular weight is 308 g/mol. The van der Waals surface area contributed by atoms with E-state index in [2.05, 4.69) is 0 Å². The van der Waals surface area contributed by atoms with Crippen molar-refractivity contribution in [3.05, 3.63) is 42.7 Å². The third-order valence-electron chi connectivity index (χ3n) is 3.07. The van der Waals surface area contributed by atoms with Crippen molar-refractivity contribution >= 4 is 15.8 Å². The van der Waals surface area contributed by atoms with Crippen molar-refractivity contribution in [3.8, 4) is 11.3 Å². The van der Waals surface area contributed by atoms with Gasteiger partial charge in [0, 0.05) is 5.56 Å². The Morgan fingerprint density at radius 2 is 1.90 bits per heavy atom. The topological polar surface area (TPSA) is 73.6 Å². The highest BCUT2D eigenvalue weighted by Gasteiger charge is 2.30. The van der Waals surface area contributed by atoms with Gasteiger partial charge in [-0.15, -0.1) is 0 Å². The highest BCUT2D eigenvalue weighted by Crippen LogP contribution is 2.23. The summed E-state index contributed by atoms with van der Waals surface area (Å²) in [6.07, 6.45) is 1.54. The van der Waals surface area contributed by atoms with Crippen LogP contribution in [-0.4, -0.2) is 26.2 Å². The summed E-state index contributed by atoms with van der Waals surface area (Å²) in [7, 11) is -3.75. The molecule has 1 heterocycles. The molecule has 2 rings (SSSR count). The zero-order chi connectivity index (χ0) is 15.5. The number of benzene rings is 1. The fourth-order valence-corrected chi connectivity index (χ4v) is 3.09. The van der Waals surface area contributed by atoms with Crippen molar-refractivity contribution in [1.29, 1.82) is 0 Å². The largest absolute Gasteiger partial charge is 0.465 e. The first-order valence-corrected chi connectivity index (χ1v) is 8.06. The molecule has 112 valence electrons. The van der Waals surface area contributed by atoms with Crippen molar-refractivity contribution in [3.63, 3.8) is 0 Å². The molecule has 6 heteroatoms. The van der Waals surface area contributed by atoms with Crippen LogP contribution in [-0.2, 0) is 19.4 Å². The van der Waals surface area contributed by atoms with Gasteiger partial charge < -0.3 is 9.15 Å². The molecule has 1 aromatic carbocycles. The van der Waals surface area contributed by atoms with Crippen molar-refractivity contribution in [1.82, 2.24) is 0 Å². The third-order valence-corrected chi connectivity index (χ3v) is 5.13. The van der Waals surface area contributed by atoms with Crippen LogP contribution in [0.2, 0.25) is 0 Å². The normalized spacial score (nSPS) is 12.9. The predicted octanol–water partition coefficient (Wildman–Crippen LogP) is 2.67. The van der Waals surface area contributed by atoms with Gasteiger partial charge in [-0.25, -0.2) is 8.42 Å². The van der Waals surface area contributed by atoms with Gasteiger partial charge >= 0.3 is 5.97 Å². The van der Waals surface area contributed by atoms with Gasteiger partial charge in [0.15, 0.2) is 15.1 Å². The Hall–Kier alpha value is -2.08. The van der Waals surface area contributed by atoms with Gasteiger partial charge in [-0.3, -0.25) is 4.79 Å². The monoisotopic (exact) mass is 308 g/mol. The minimum atomic E-state index is -3.75. The summed E-state index contributed by atoms with van der Waals surface area (Å²) < 4.78 is 34.6. The van der Waals surface area contributed by atoms with Crippen molar-refractivity contribution < 1.29 is 22.4 Å². The first kappa shape index (κ1) is 15.3. The summed E-state index contributed by atoms with van der Waals surface area (Å²) in [5.74, 6) is -0.0926. The maximum Gasteiger partial charge on any atom is 0.324 e. The molecular formula is C15H16O5S. The maximum absolute atomic E-state index is 12.3. The number of hydrogen-bond acceptors (Lipinski definition) is 5. The van der Waals surface area contributed by atoms with Gasteiger partial charge in [0.25, 0.3) is 0 Å². The quantitative estimate of drug-likeness (QED) is 0.794. The Kier molecular flexibility index (Phi) is 4.47. The van der Waals surface area contributed by atoms with Crippen LogP contribution in [0.25, 0.3) is 11.3 Å². The molecular weight excluding hydrogens is 292 g/mol. The number of carbonyl (C=O) groups is 1. The smallest absolute Gasteiger partial charge is 0.324 e. The van der Waals surface area contributed by atoms with Gasteiger partial charge in [-0.05, 0) is 50.2 Å². The maximum atomic E-state index is 12.3. The zero-order valence-electron chi connectivity index (χ0n) is 11.8. The van der Waals surface area contributed by atoms with Gasteiger partial charge in [0.1, 0.15) is 5.76 Å². The number of ether oxygens (including phenoxy) is 1. The number of sulfone groups is 1. The van der Waals surface area contributed by atoms with E-state index in [1.807, 2.05) is 0 Å². The molecule has 0 amide bonds. The summed E-state index contributed by atoms with van der Waals surface area (Å²) in [5.41, 5.74) is 0.766. The summed E-state index contributed by atoms with van der Waals surface area (Å²) in [6.45, 7) is 3.11. The Morgan fingerprint density at radius 3 is 2.43 bits per heavy atom. The van der Waals surface area contributed by atoms with Gasteiger partial charge in [0.05, 0.1) is 17.8 Å². The van der Waals surface area contributed by atoms with Crippen LogP contribution >= 0.6 is 0 Å². The molecule has 0 saturated carbocycles. The van der Waals surface area contributed by atoms with E-state index in [-0.39, 0.29) is 11.5 Å². The molecule has 0 aliphatic heterocycles. The second kappa shape index (κ2) is 6.13. The molecule has 0 spiro atoms. The number of rotatable bonds is 5. The molecule has 0 saturated heterocycles. The molecule has 21 heavy (non-hydrogen) atoms. The lowest BCUT2D eigenvalue weighted by atomic mass is 10.2. The molecule has 1 aromatic heterocycles. The van der Waals surface area contributed by atoms with Gasteiger partial charge in [0.2, 0.25) is 0 Å². The van der Waals surface area contributed by atoms with Crippen LogP contribution in [0, 0.1) is 0 Å². The summed E-state index contributed by atoms with van der Waals surface area (Å²) in [5, 5.41) is -1.23. The van der Waals surface area contributed by atoms with E-state index >= 15 is 0 Å². The van der Waals surface area contributed by atoms with E-state index in [9.17, 15) is 13.2 Å². The Bertz CT molecular complexity index is 699. The highest BCUT2D eigenvalue weighted by molar-refractivity contribution is 7.92. The second-order valence-corrected chi connectivity index (χ2v) is 6.71. The van der Waals surface area contributed by atoms with Crippen LogP contribution in [0.4, 0.5) is 0 Å². The average Bonchev–Trinajstić information content (AvgIpc) is 3.01. The lowest BCUT2D eigenvalue weighted by Crippen LogP contribution is -2.29. The Morgan fingerprint density at radius 1 is 1.24 bits per heavy atom. The molecule has 0 bridgehead atoms. The summed E-state index contributed by atoms with van der Waals surface area (Å²) >= 11 is 0.